The molecule has 2 aromatic rings. The number of anilines is 1. The third kappa shape index (κ3) is 3.30. The quantitative estimate of drug-likeness (QED) is 0.831. The number of hydrogen-bond donors (Lipinski definition) is 1. The molecule has 0 spiro atoms. The van der Waals surface area contributed by atoms with Crippen molar-refractivity contribution in [2.24, 2.45) is 0 Å². The van der Waals surface area contributed by atoms with Crippen molar-refractivity contribution in [3.05, 3.63) is 69.2 Å². The number of hydrogen-bond acceptors (Lipinski definition) is 2. The number of nitrogens with zero attached hydrogens (tertiary/aromatic N) is 1. The molecular formula is C18H13Cl2NO3. The van der Waals surface area contributed by atoms with E-state index in [0.717, 1.165) is 22.9 Å². The highest BCUT2D eigenvalue weighted by Gasteiger charge is 2.29. The average Bonchev–Trinajstić information content (AvgIpc) is 2.84. The van der Waals surface area contributed by atoms with Crippen LogP contribution < -0.4 is 4.90 Å². The van der Waals surface area contributed by atoms with Crippen LogP contribution in [0, 0.1) is 0 Å². The van der Waals surface area contributed by atoms with Crippen LogP contribution in [0.2, 0.25) is 10.0 Å². The number of para-hydroxylation sites is 1. The smallest absolute Gasteiger partial charge is 0.328 e. The van der Waals surface area contributed by atoms with Crippen LogP contribution in [0.15, 0.2) is 42.5 Å². The van der Waals surface area contributed by atoms with Gasteiger partial charge in [-0.05, 0) is 34.9 Å². The number of halogens is 2. The van der Waals surface area contributed by atoms with Crippen molar-refractivity contribution in [3.63, 3.8) is 0 Å². The van der Waals surface area contributed by atoms with Gasteiger partial charge >= 0.3 is 5.97 Å². The Labute approximate surface area is 148 Å². The van der Waals surface area contributed by atoms with Crippen molar-refractivity contribution in [2.75, 3.05) is 4.90 Å². The normalized spacial score (nSPS) is 13.6. The van der Waals surface area contributed by atoms with Gasteiger partial charge in [0.05, 0.1) is 18.7 Å². The van der Waals surface area contributed by atoms with E-state index in [9.17, 15) is 9.59 Å². The Morgan fingerprint density at radius 3 is 2.75 bits per heavy atom. The van der Waals surface area contributed by atoms with Gasteiger partial charge in [-0.25, -0.2) is 4.79 Å². The molecule has 0 saturated heterocycles. The highest BCUT2D eigenvalue weighted by atomic mass is 35.5. The second-order valence-electron chi connectivity index (χ2n) is 5.42. The summed E-state index contributed by atoms with van der Waals surface area (Å²) >= 11 is 12.1. The summed E-state index contributed by atoms with van der Waals surface area (Å²) < 4.78 is 0. The molecule has 122 valence electrons. The van der Waals surface area contributed by atoms with Crippen LogP contribution in [-0.4, -0.2) is 17.0 Å². The maximum atomic E-state index is 12.4. The molecule has 0 radical (unpaired) electrons. The molecule has 3 rings (SSSR count). The van der Waals surface area contributed by atoms with Gasteiger partial charge in [0.1, 0.15) is 0 Å². The number of amides is 1. The third-order valence-electron chi connectivity index (χ3n) is 3.81. The average molecular weight is 362 g/mol. The second-order valence-corrected chi connectivity index (χ2v) is 6.26. The summed E-state index contributed by atoms with van der Waals surface area (Å²) in [7, 11) is 0. The monoisotopic (exact) mass is 361 g/mol. The van der Waals surface area contributed by atoms with Crippen LogP contribution in [0.1, 0.15) is 16.7 Å². The molecule has 2 aromatic carbocycles. The molecule has 1 amide bonds. The molecule has 6 heteroatoms. The van der Waals surface area contributed by atoms with Crippen molar-refractivity contribution in [1.29, 1.82) is 0 Å². The molecule has 4 nitrogen and oxygen atoms in total. The lowest BCUT2D eigenvalue weighted by Gasteiger charge is -2.20. The van der Waals surface area contributed by atoms with Crippen LogP contribution in [0.25, 0.3) is 6.08 Å². The number of carbonyl (C=O) groups is 2. The van der Waals surface area contributed by atoms with Crippen molar-refractivity contribution in [1.82, 2.24) is 0 Å². The lowest BCUT2D eigenvalue weighted by molar-refractivity contribution is -0.131. The van der Waals surface area contributed by atoms with Crippen molar-refractivity contribution in [3.8, 4) is 0 Å². The number of fused-ring (bicyclic) bond motifs is 1. The topological polar surface area (TPSA) is 57.6 Å². The molecular weight excluding hydrogens is 349 g/mol. The maximum Gasteiger partial charge on any atom is 0.328 e. The lowest BCUT2D eigenvalue weighted by Crippen LogP contribution is -2.26. The van der Waals surface area contributed by atoms with Gasteiger partial charge < -0.3 is 10.0 Å². The first kappa shape index (κ1) is 16.6. The summed E-state index contributed by atoms with van der Waals surface area (Å²) in [5.74, 6) is -1.09. The molecule has 0 atom stereocenters. The number of carboxylic acids is 1. The Morgan fingerprint density at radius 1 is 1.25 bits per heavy atom. The minimum atomic E-state index is -1.04. The minimum Gasteiger partial charge on any atom is -0.478 e. The van der Waals surface area contributed by atoms with Crippen molar-refractivity contribution < 1.29 is 14.7 Å². The van der Waals surface area contributed by atoms with E-state index in [-0.39, 0.29) is 12.3 Å². The Bertz CT molecular complexity index is 861. The number of carboxylic acid groups (broad SMARTS) is 1. The zero-order chi connectivity index (χ0) is 17.3. The zero-order valence-electron chi connectivity index (χ0n) is 12.5. The van der Waals surface area contributed by atoms with Gasteiger partial charge in [-0.3, -0.25) is 4.79 Å². The molecule has 1 N–H and O–H groups in total. The van der Waals surface area contributed by atoms with Crippen LogP contribution in [-0.2, 0) is 22.6 Å². The molecule has 0 aliphatic carbocycles. The predicted molar refractivity (Wildman–Crippen MR) is 94.5 cm³/mol. The van der Waals surface area contributed by atoms with Crippen LogP contribution in [0.5, 0.6) is 0 Å². The number of benzene rings is 2. The molecule has 0 bridgehead atoms. The zero-order valence-corrected chi connectivity index (χ0v) is 14.0. The molecule has 0 fully saturated rings. The number of carbonyl (C=O) groups excluding carboxylic acids is 1. The summed E-state index contributed by atoms with van der Waals surface area (Å²) in [4.78, 5) is 24.8. The van der Waals surface area contributed by atoms with E-state index in [1.807, 2.05) is 12.1 Å². The van der Waals surface area contributed by atoms with Gasteiger partial charge in [-0.1, -0.05) is 47.5 Å². The van der Waals surface area contributed by atoms with Crippen LogP contribution >= 0.6 is 23.2 Å². The fraction of sp³-hybridized carbons (Fsp3) is 0.111. The van der Waals surface area contributed by atoms with Gasteiger partial charge in [0.25, 0.3) is 0 Å². The van der Waals surface area contributed by atoms with E-state index in [1.165, 1.54) is 6.08 Å². The van der Waals surface area contributed by atoms with Gasteiger partial charge in [0.2, 0.25) is 5.91 Å². The van der Waals surface area contributed by atoms with E-state index in [0.29, 0.717) is 22.2 Å². The lowest BCUT2D eigenvalue weighted by atomic mass is 10.1. The first-order chi connectivity index (χ1) is 11.5. The summed E-state index contributed by atoms with van der Waals surface area (Å²) in [5, 5.41) is 9.86. The summed E-state index contributed by atoms with van der Waals surface area (Å²) in [5.41, 5.74) is 3.06. The maximum absolute atomic E-state index is 12.4. The largest absolute Gasteiger partial charge is 0.478 e. The first-order valence-electron chi connectivity index (χ1n) is 7.23. The molecule has 0 aromatic heterocycles. The van der Waals surface area contributed by atoms with Gasteiger partial charge in [-0.2, -0.15) is 0 Å². The fourth-order valence-corrected chi connectivity index (χ4v) is 3.22. The fourth-order valence-electron chi connectivity index (χ4n) is 2.75. The predicted octanol–water partition coefficient (Wildman–Crippen LogP) is 4.18. The van der Waals surface area contributed by atoms with E-state index >= 15 is 0 Å². The van der Waals surface area contributed by atoms with Crippen molar-refractivity contribution in [2.45, 2.75) is 13.0 Å². The standard InChI is InChI=1S/C18H13Cl2NO3/c19-14-6-4-13(15(20)9-14)10-21-16(22)8-12-3-1-2-11(18(12)21)5-7-17(23)24/h1-7,9H,8,10H2,(H,23,24)/b7-5+. The van der Waals surface area contributed by atoms with Crippen molar-refractivity contribution >= 4 is 46.8 Å². The van der Waals surface area contributed by atoms with Crippen LogP contribution in [0.3, 0.4) is 0 Å². The Kier molecular flexibility index (Phi) is 4.60. The van der Waals surface area contributed by atoms with Gasteiger partial charge in [-0.15, -0.1) is 0 Å². The first-order valence-corrected chi connectivity index (χ1v) is 7.98. The summed E-state index contributed by atoms with van der Waals surface area (Å²) in [6.45, 7) is 0.305. The molecule has 0 unspecified atom stereocenters. The summed E-state index contributed by atoms with van der Waals surface area (Å²) in [6, 6.07) is 10.6. The third-order valence-corrected chi connectivity index (χ3v) is 4.40. The van der Waals surface area contributed by atoms with Gasteiger partial charge in [0, 0.05) is 16.1 Å². The summed E-state index contributed by atoms with van der Waals surface area (Å²) in [6.07, 6.45) is 2.84. The Hall–Kier alpha value is -2.30. The van der Waals surface area contributed by atoms with Gasteiger partial charge in [0.15, 0.2) is 0 Å². The molecule has 1 heterocycles. The van der Waals surface area contributed by atoms with E-state index < -0.39 is 5.97 Å². The molecule has 1 aliphatic rings. The second kappa shape index (κ2) is 6.67. The number of rotatable bonds is 4. The molecule has 1 aliphatic heterocycles. The molecule has 0 saturated carbocycles. The Balaban J connectivity index is 2.00. The highest BCUT2D eigenvalue weighted by Crippen LogP contribution is 2.35. The van der Waals surface area contributed by atoms with E-state index in [1.54, 1.807) is 29.2 Å². The Morgan fingerprint density at radius 2 is 2.04 bits per heavy atom. The minimum absolute atomic E-state index is 0.0489. The number of aliphatic carboxylic acids is 1. The highest BCUT2D eigenvalue weighted by molar-refractivity contribution is 6.35. The van der Waals surface area contributed by atoms with Crippen LogP contribution in [0.4, 0.5) is 5.69 Å². The SMILES string of the molecule is O=C(O)/C=C/c1cccc2c1N(Cc1ccc(Cl)cc1Cl)C(=O)C2. The van der Waals surface area contributed by atoms with E-state index in [4.69, 9.17) is 28.3 Å². The van der Waals surface area contributed by atoms with E-state index in [2.05, 4.69) is 0 Å². The molecule has 24 heavy (non-hydrogen) atoms.